The minimum atomic E-state index is -3.69. The minimum absolute atomic E-state index is 0.0929. The highest BCUT2D eigenvalue weighted by molar-refractivity contribution is 7.89. The highest BCUT2D eigenvalue weighted by atomic mass is 32.2. The Balaban J connectivity index is 1.68. The van der Waals surface area contributed by atoms with Gasteiger partial charge < -0.3 is 14.0 Å². The lowest BCUT2D eigenvalue weighted by atomic mass is 10.1. The predicted octanol–water partition coefficient (Wildman–Crippen LogP) is 2.82. The van der Waals surface area contributed by atoms with Gasteiger partial charge >= 0.3 is 0 Å². The molecule has 3 aromatic rings. The molecule has 0 aliphatic heterocycles. The number of hydrogen-bond donors (Lipinski definition) is 1. The molecule has 1 aromatic heterocycles. The Kier molecular flexibility index (Phi) is 6.59. The fourth-order valence-corrected chi connectivity index (χ4v) is 4.11. The Bertz CT molecular complexity index is 1170. The zero-order chi connectivity index (χ0) is 21.7. The molecule has 1 N–H and O–H groups in total. The first-order valence-corrected chi connectivity index (χ1v) is 10.8. The quantitative estimate of drug-likeness (QED) is 0.596. The van der Waals surface area contributed by atoms with Gasteiger partial charge in [0.25, 0.3) is 5.56 Å². The van der Waals surface area contributed by atoms with Gasteiger partial charge in [0.1, 0.15) is 11.5 Å². The maximum atomic E-state index is 12.6. The number of benzene rings is 2. The fraction of sp³-hybridized carbons (Fsp3) is 0.227. The summed E-state index contributed by atoms with van der Waals surface area (Å²) < 4.78 is 39.4. The van der Waals surface area contributed by atoms with E-state index in [1.54, 1.807) is 44.4 Å². The van der Waals surface area contributed by atoms with E-state index in [-0.39, 0.29) is 23.5 Å². The second kappa shape index (κ2) is 9.15. The van der Waals surface area contributed by atoms with Crippen LogP contribution in [0.5, 0.6) is 11.5 Å². The van der Waals surface area contributed by atoms with Crippen molar-refractivity contribution in [3.05, 3.63) is 76.7 Å². The van der Waals surface area contributed by atoms with Crippen molar-refractivity contribution in [3.63, 3.8) is 0 Å². The Hall–Kier alpha value is -3.10. The third-order valence-corrected chi connectivity index (χ3v) is 6.24. The average molecular weight is 429 g/mol. The largest absolute Gasteiger partial charge is 0.497 e. The lowest BCUT2D eigenvalue weighted by molar-refractivity contribution is 0.411. The Morgan fingerprint density at radius 1 is 0.867 bits per heavy atom. The lowest BCUT2D eigenvalue weighted by Crippen LogP contribution is -2.31. The number of aryl methyl sites for hydroxylation is 1. The van der Waals surface area contributed by atoms with Gasteiger partial charge in [0.05, 0.1) is 19.1 Å². The van der Waals surface area contributed by atoms with Crippen LogP contribution in [0.1, 0.15) is 5.69 Å². The molecule has 0 amide bonds. The average Bonchev–Trinajstić information content (AvgIpc) is 2.75. The zero-order valence-electron chi connectivity index (χ0n) is 17.1. The van der Waals surface area contributed by atoms with E-state index in [2.05, 4.69) is 4.72 Å². The summed E-state index contributed by atoms with van der Waals surface area (Å²) in [6.45, 7) is 2.09. The third kappa shape index (κ3) is 4.90. The molecule has 0 bridgehead atoms. The van der Waals surface area contributed by atoms with Crippen LogP contribution in [-0.2, 0) is 16.6 Å². The predicted molar refractivity (Wildman–Crippen MR) is 116 cm³/mol. The van der Waals surface area contributed by atoms with Gasteiger partial charge in [-0.25, -0.2) is 13.1 Å². The van der Waals surface area contributed by atoms with Crippen molar-refractivity contribution in [1.82, 2.24) is 9.29 Å². The molecule has 0 atom stereocenters. The standard InChI is InChI=1S/C22H24N2O5S/c1-16-14-20(29-3)15-22(25)24(16)13-12-23-30(26,27)21-10-6-18(7-11-21)17-4-8-19(28-2)9-5-17/h4-11,14-15,23H,12-13H2,1-3H3. The van der Waals surface area contributed by atoms with E-state index in [9.17, 15) is 13.2 Å². The van der Waals surface area contributed by atoms with Crippen LogP contribution in [0.2, 0.25) is 0 Å². The van der Waals surface area contributed by atoms with Crippen LogP contribution in [0, 0.1) is 6.92 Å². The summed E-state index contributed by atoms with van der Waals surface area (Å²) in [5, 5.41) is 0. The minimum Gasteiger partial charge on any atom is -0.497 e. The second-order valence-electron chi connectivity index (χ2n) is 6.68. The van der Waals surface area contributed by atoms with Gasteiger partial charge in [-0.05, 0) is 48.4 Å². The van der Waals surface area contributed by atoms with Gasteiger partial charge in [-0.15, -0.1) is 0 Å². The number of ether oxygens (including phenoxy) is 2. The van der Waals surface area contributed by atoms with Crippen LogP contribution in [0.15, 0.2) is 70.4 Å². The molecular weight excluding hydrogens is 404 g/mol. The van der Waals surface area contributed by atoms with Gasteiger partial charge in [0.2, 0.25) is 10.0 Å². The van der Waals surface area contributed by atoms with Gasteiger partial charge in [0, 0.05) is 24.8 Å². The lowest BCUT2D eigenvalue weighted by Gasteiger charge is -2.12. The Morgan fingerprint density at radius 3 is 1.97 bits per heavy atom. The summed E-state index contributed by atoms with van der Waals surface area (Å²) >= 11 is 0. The summed E-state index contributed by atoms with van der Waals surface area (Å²) in [6.07, 6.45) is 0. The molecule has 0 aliphatic carbocycles. The molecule has 158 valence electrons. The molecular formula is C22H24N2O5S. The molecule has 30 heavy (non-hydrogen) atoms. The van der Waals surface area contributed by atoms with Crippen LogP contribution >= 0.6 is 0 Å². The summed E-state index contributed by atoms with van der Waals surface area (Å²) in [4.78, 5) is 12.3. The van der Waals surface area contributed by atoms with E-state index in [4.69, 9.17) is 9.47 Å². The number of sulfonamides is 1. The monoisotopic (exact) mass is 428 g/mol. The van der Waals surface area contributed by atoms with Crippen molar-refractivity contribution in [2.45, 2.75) is 18.4 Å². The molecule has 0 aliphatic rings. The van der Waals surface area contributed by atoms with E-state index in [0.29, 0.717) is 11.4 Å². The van der Waals surface area contributed by atoms with E-state index in [0.717, 1.165) is 16.9 Å². The van der Waals surface area contributed by atoms with Crippen LogP contribution in [0.25, 0.3) is 11.1 Å². The number of hydrogen-bond acceptors (Lipinski definition) is 5. The maximum Gasteiger partial charge on any atom is 0.254 e. The number of nitrogens with zero attached hydrogens (tertiary/aromatic N) is 1. The van der Waals surface area contributed by atoms with Crippen LogP contribution in [0.4, 0.5) is 0 Å². The second-order valence-corrected chi connectivity index (χ2v) is 8.44. The van der Waals surface area contributed by atoms with Gasteiger partial charge in [-0.1, -0.05) is 24.3 Å². The zero-order valence-corrected chi connectivity index (χ0v) is 17.9. The van der Waals surface area contributed by atoms with Crippen molar-refractivity contribution in [3.8, 4) is 22.6 Å². The molecule has 3 rings (SSSR count). The Morgan fingerprint density at radius 2 is 1.43 bits per heavy atom. The summed E-state index contributed by atoms with van der Waals surface area (Å²) in [5.41, 5.74) is 2.32. The first kappa shape index (κ1) is 21.6. The molecule has 2 aromatic carbocycles. The summed E-state index contributed by atoms with van der Waals surface area (Å²) in [5.74, 6) is 1.24. The molecule has 0 radical (unpaired) electrons. The first-order chi connectivity index (χ1) is 14.3. The van der Waals surface area contributed by atoms with Crippen molar-refractivity contribution in [2.24, 2.45) is 0 Å². The highest BCUT2D eigenvalue weighted by Gasteiger charge is 2.14. The molecule has 8 heteroatoms. The van der Waals surface area contributed by atoms with E-state index in [1.807, 2.05) is 24.3 Å². The molecule has 0 fully saturated rings. The van der Waals surface area contributed by atoms with Crippen molar-refractivity contribution in [1.29, 1.82) is 0 Å². The molecule has 7 nitrogen and oxygen atoms in total. The molecule has 0 unspecified atom stereocenters. The smallest absolute Gasteiger partial charge is 0.254 e. The normalized spacial score (nSPS) is 11.3. The fourth-order valence-electron chi connectivity index (χ4n) is 3.09. The van der Waals surface area contributed by atoms with Crippen LogP contribution < -0.4 is 19.8 Å². The van der Waals surface area contributed by atoms with Gasteiger partial charge in [-0.3, -0.25) is 4.79 Å². The number of aromatic nitrogens is 1. The topological polar surface area (TPSA) is 86.6 Å². The Labute approximate surface area is 175 Å². The molecule has 0 spiro atoms. The summed E-state index contributed by atoms with van der Waals surface area (Å²) in [7, 11) is -0.591. The van der Waals surface area contributed by atoms with Gasteiger partial charge in [-0.2, -0.15) is 0 Å². The van der Waals surface area contributed by atoms with Crippen LogP contribution in [0.3, 0.4) is 0 Å². The SMILES string of the molecule is COc1ccc(-c2ccc(S(=O)(=O)NCCn3c(C)cc(OC)cc3=O)cc2)cc1. The van der Waals surface area contributed by atoms with Gasteiger partial charge in [0.15, 0.2) is 0 Å². The molecule has 0 saturated carbocycles. The molecule has 0 saturated heterocycles. The van der Waals surface area contributed by atoms with Crippen molar-refractivity contribution in [2.75, 3.05) is 20.8 Å². The van der Waals surface area contributed by atoms with E-state index in [1.165, 1.54) is 17.7 Å². The number of methoxy groups -OCH3 is 2. The van der Waals surface area contributed by atoms with Crippen molar-refractivity contribution < 1.29 is 17.9 Å². The number of nitrogens with one attached hydrogen (secondary N) is 1. The summed E-state index contributed by atoms with van der Waals surface area (Å²) in [6, 6.07) is 17.3. The first-order valence-electron chi connectivity index (χ1n) is 9.33. The van der Waals surface area contributed by atoms with Crippen LogP contribution in [-0.4, -0.2) is 33.7 Å². The number of pyridine rings is 1. The van der Waals surface area contributed by atoms with E-state index >= 15 is 0 Å². The van der Waals surface area contributed by atoms with E-state index < -0.39 is 10.0 Å². The van der Waals surface area contributed by atoms with Crippen molar-refractivity contribution >= 4 is 10.0 Å². The highest BCUT2D eigenvalue weighted by Crippen LogP contribution is 2.23. The molecule has 1 heterocycles. The maximum absolute atomic E-state index is 12.6. The number of rotatable bonds is 8. The third-order valence-electron chi connectivity index (χ3n) is 4.76.